The van der Waals surface area contributed by atoms with Crippen molar-refractivity contribution in [2.75, 3.05) is 49.6 Å². The molecule has 11 heteroatoms. The van der Waals surface area contributed by atoms with Crippen LogP contribution in [0.25, 0.3) is 0 Å². The first kappa shape index (κ1) is 24.8. The van der Waals surface area contributed by atoms with Gasteiger partial charge in [-0.1, -0.05) is 6.07 Å². The zero-order valence-corrected chi connectivity index (χ0v) is 20.4. The molecule has 2 aromatic carbocycles. The van der Waals surface area contributed by atoms with E-state index in [9.17, 15) is 23.6 Å². The molecule has 2 aliphatic heterocycles. The molecule has 0 radical (unpaired) electrons. The number of ether oxygens (including phenoxy) is 2. The van der Waals surface area contributed by atoms with E-state index in [0.717, 1.165) is 0 Å². The predicted octanol–water partition coefficient (Wildman–Crippen LogP) is 2.74. The largest absolute Gasteiger partial charge is 0.485 e. The molecule has 1 atom stereocenters. The van der Waals surface area contributed by atoms with E-state index in [4.69, 9.17) is 9.47 Å². The highest BCUT2D eigenvalue weighted by atomic mass is 32.2. The van der Waals surface area contributed by atoms with E-state index < -0.39 is 22.2 Å². The zero-order chi connectivity index (χ0) is 25.2. The Kier molecular flexibility index (Phi) is 7.16. The maximum Gasteiger partial charge on any atom is 0.412 e. The monoisotopic (exact) mass is 500 g/mol. The van der Waals surface area contributed by atoms with E-state index in [2.05, 4.69) is 0 Å². The lowest BCUT2D eigenvalue weighted by molar-refractivity contribution is 0.0838. The van der Waals surface area contributed by atoms with Gasteiger partial charge < -0.3 is 19.5 Å². The Hall–Kier alpha value is -3.33. The number of fused-ring (bicyclic) bond motifs is 1. The highest BCUT2D eigenvalue weighted by Crippen LogP contribution is 2.40. The number of likely N-dealkylation sites (N-methyl/N-ethyl adjacent to an activating group) is 1. The molecule has 10 nitrogen and oxygen atoms in total. The fraction of sp³-hybridized carbons (Fsp3) is 0.417. The minimum Gasteiger partial charge on any atom is -0.485 e. The smallest absolute Gasteiger partial charge is 0.412 e. The summed E-state index contributed by atoms with van der Waals surface area (Å²) < 4.78 is 40.3. The Bertz CT molecular complexity index is 1240. The van der Waals surface area contributed by atoms with Crippen LogP contribution in [-0.2, 0) is 14.8 Å². The molecule has 4 rings (SSSR count). The molecule has 1 N–H and O–H groups in total. The molecule has 0 spiro atoms. The van der Waals surface area contributed by atoms with Crippen molar-refractivity contribution in [1.82, 2.24) is 4.90 Å². The molecule has 2 aliphatic rings. The summed E-state index contributed by atoms with van der Waals surface area (Å²) in [5.41, 5.74) is 0.858. The van der Waals surface area contributed by atoms with Crippen LogP contribution in [0.1, 0.15) is 18.4 Å². The van der Waals surface area contributed by atoms with E-state index in [1.807, 2.05) is 25.1 Å². The number of hydrogen-bond donors (Lipinski definition) is 1. The number of hydrogen-bond acceptors (Lipinski definition) is 7. The van der Waals surface area contributed by atoms with Crippen molar-refractivity contribution in [3.05, 3.63) is 48.0 Å². The van der Waals surface area contributed by atoms with Gasteiger partial charge in [0.1, 0.15) is 11.9 Å². The number of nitrogens with zero attached hydrogens (tertiary/aromatic N) is 4. The molecule has 0 saturated carbocycles. The number of benzene rings is 2. The van der Waals surface area contributed by atoms with E-state index in [0.29, 0.717) is 44.0 Å². The van der Waals surface area contributed by atoms with Crippen molar-refractivity contribution in [2.24, 2.45) is 0 Å². The second-order valence-electron chi connectivity index (χ2n) is 8.83. The number of nitriles is 1. The van der Waals surface area contributed by atoms with Crippen LogP contribution < -0.4 is 13.9 Å². The van der Waals surface area contributed by atoms with Crippen molar-refractivity contribution < 1.29 is 27.8 Å². The van der Waals surface area contributed by atoms with Gasteiger partial charge in [-0.25, -0.2) is 13.2 Å². The Morgan fingerprint density at radius 2 is 1.94 bits per heavy atom. The molecular formula is C24H28N4O6S. The fourth-order valence-corrected chi connectivity index (χ4v) is 6.00. The standard InChI is InChI=1S/C24H28N4O6S/c1-26(2)15-20-16-27(35(31,32)21-5-3-4-17(12-21)14-25)22-13-19(6-7-23(22)34-20)28(24(29)30)18-8-10-33-11-9-18/h3-7,12-13,18,20H,8-11,15-16H2,1-2H3,(H,29,30). The number of carboxylic acid groups (broad SMARTS) is 1. The summed E-state index contributed by atoms with van der Waals surface area (Å²) in [4.78, 5) is 15.4. The number of rotatable bonds is 6. The van der Waals surface area contributed by atoms with Crippen LogP contribution in [0, 0.1) is 11.3 Å². The second-order valence-corrected chi connectivity index (χ2v) is 10.7. The average Bonchev–Trinajstić information content (AvgIpc) is 2.84. The van der Waals surface area contributed by atoms with Crippen molar-refractivity contribution in [3.8, 4) is 11.8 Å². The van der Waals surface area contributed by atoms with Gasteiger partial charge in [-0.05, 0) is 63.3 Å². The second kappa shape index (κ2) is 10.1. The van der Waals surface area contributed by atoms with Gasteiger partial charge in [0.05, 0.1) is 28.8 Å². The first-order valence-electron chi connectivity index (χ1n) is 11.3. The number of sulfonamides is 1. The summed E-state index contributed by atoms with van der Waals surface area (Å²) in [6, 6.07) is 12.4. The minimum atomic E-state index is -4.07. The van der Waals surface area contributed by atoms with Gasteiger partial charge in [0.15, 0.2) is 0 Å². The Morgan fingerprint density at radius 3 is 2.60 bits per heavy atom. The van der Waals surface area contributed by atoms with Crippen LogP contribution in [0.3, 0.4) is 0 Å². The lowest BCUT2D eigenvalue weighted by Gasteiger charge is -2.38. The predicted molar refractivity (Wildman–Crippen MR) is 129 cm³/mol. The third-order valence-electron chi connectivity index (χ3n) is 6.03. The molecule has 1 amide bonds. The van der Waals surface area contributed by atoms with Gasteiger partial charge in [-0.3, -0.25) is 9.21 Å². The first-order chi connectivity index (χ1) is 16.7. The van der Waals surface area contributed by atoms with E-state index in [1.165, 1.54) is 33.5 Å². The third kappa shape index (κ3) is 5.19. The summed E-state index contributed by atoms with van der Waals surface area (Å²) >= 11 is 0. The van der Waals surface area contributed by atoms with Gasteiger partial charge in [-0.15, -0.1) is 0 Å². The number of amides is 1. The van der Waals surface area contributed by atoms with Gasteiger partial charge in [0.2, 0.25) is 0 Å². The Labute approximate surface area is 204 Å². The molecular weight excluding hydrogens is 472 g/mol. The van der Waals surface area contributed by atoms with Crippen LogP contribution in [-0.4, -0.2) is 77.1 Å². The van der Waals surface area contributed by atoms with Crippen molar-refractivity contribution >= 4 is 27.5 Å². The van der Waals surface area contributed by atoms with Crippen molar-refractivity contribution in [3.63, 3.8) is 0 Å². The van der Waals surface area contributed by atoms with Crippen LogP contribution >= 0.6 is 0 Å². The van der Waals surface area contributed by atoms with Crippen molar-refractivity contribution in [2.45, 2.75) is 29.9 Å². The summed E-state index contributed by atoms with van der Waals surface area (Å²) in [6.07, 6.45) is -0.458. The van der Waals surface area contributed by atoms with Gasteiger partial charge in [0, 0.05) is 31.5 Å². The maximum atomic E-state index is 13.8. The summed E-state index contributed by atoms with van der Waals surface area (Å²) in [5.74, 6) is 0.351. The SMILES string of the molecule is CN(C)CC1CN(S(=O)(=O)c2cccc(C#N)c2)c2cc(N(C(=O)O)C3CCOCC3)ccc2O1. The molecule has 0 aromatic heterocycles. The summed E-state index contributed by atoms with van der Waals surface area (Å²) in [5, 5.41) is 19.2. The number of anilines is 2. The lowest BCUT2D eigenvalue weighted by atomic mass is 10.1. The summed E-state index contributed by atoms with van der Waals surface area (Å²) in [6.45, 7) is 1.45. The normalized spacial score (nSPS) is 18.5. The molecule has 1 fully saturated rings. The van der Waals surface area contributed by atoms with Gasteiger partial charge >= 0.3 is 6.09 Å². The maximum absolute atomic E-state index is 13.8. The summed E-state index contributed by atoms with van der Waals surface area (Å²) in [7, 11) is -0.325. The minimum absolute atomic E-state index is 0.0158. The molecule has 186 valence electrons. The zero-order valence-electron chi connectivity index (χ0n) is 19.6. The molecule has 1 saturated heterocycles. The average molecular weight is 501 g/mol. The van der Waals surface area contributed by atoms with E-state index in [1.54, 1.807) is 18.2 Å². The molecule has 2 heterocycles. The van der Waals surface area contributed by atoms with Crippen LogP contribution in [0.15, 0.2) is 47.4 Å². The highest BCUT2D eigenvalue weighted by Gasteiger charge is 2.36. The van der Waals surface area contributed by atoms with Crippen LogP contribution in [0.2, 0.25) is 0 Å². The van der Waals surface area contributed by atoms with E-state index in [-0.39, 0.29) is 28.7 Å². The van der Waals surface area contributed by atoms with E-state index >= 15 is 0 Å². The molecule has 35 heavy (non-hydrogen) atoms. The van der Waals surface area contributed by atoms with Crippen LogP contribution in [0.4, 0.5) is 16.2 Å². The van der Waals surface area contributed by atoms with Crippen LogP contribution in [0.5, 0.6) is 5.75 Å². The molecule has 2 aromatic rings. The first-order valence-corrected chi connectivity index (χ1v) is 12.7. The molecule has 1 unspecified atom stereocenters. The fourth-order valence-electron chi connectivity index (χ4n) is 4.45. The lowest BCUT2D eigenvalue weighted by Crippen LogP contribution is -2.47. The molecule has 0 aliphatic carbocycles. The topological polar surface area (TPSA) is 123 Å². The van der Waals surface area contributed by atoms with Crippen molar-refractivity contribution in [1.29, 1.82) is 5.26 Å². The number of carbonyl (C=O) groups is 1. The Morgan fingerprint density at radius 1 is 1.20 bits per heavy atom. The highest BCUT2D eigenvalue weighted by molar-refractivity contribution is 7.92. The quantitative estimate of drug-likeness (QED) is 0.642. The van der Waals surface area contributed by atoms with Gasteiger partial charge in [-0.2, -0.15) is 5.26 Å². The third-order valence-corrected chi connectivity index (χ3v) is 7.81. The van der Waals surface area contributed by atoms with Gasteiger partial charge in [0.25, 0.3) is 10.0 Å². The Balaban J connectivity index is 1.79. The molecule has 0 bridgehead atoms.